The molecule has 0 radical (unpaired) electrons. The van der Waals surface area contributed by atoms with Crippen LogP contribution in [0.5, 0.6) is 0 Å². The molecule has 142 valence electrons. The van der Waals surface area contributed by atoms with Crippen LogP contribution in [-0.4, -0.2) is 66.0 Å². The molecule has 11 heteroatoms. The summed E-state index contributed by atoms with van der Waals surface area (Å²) in [6.45, 7) is 3.37. The van der Waals surface area contributed by atoms with Gasteiger partial charge in [-0.25, -0.2) is 4.79 Å². The second-order valence-electron chi connectivity index (χ2n) is 6.01. The van der Waals surface area contributed by atoms with Gasteiger partial charge < -0.3 is 25.3 Å². The summed E-state index contributed by atoms with van der Waals surface area (Å²) >= 11 is 0. The Morgan fingerprint density at radius 3 is 2.56 bits per heavy atom. The molecule has 0 aromatic rings. The minimum absolute atomic E-state index is 0.0608. The van der Waals surface area contributed by atoms with Gasteiger partial charge in [-0.2, -0.15) is 8.78 Å². The summed E-state index contributed by atoms with van der Waals surface area (Å²) in [5.41, 5.74) is 5.56. The number of amides is 2. The Hall–Kier alpha value is -2.01. The average Bonchev–Trinajstić information content (AvgIpc) is 2.70. The highest BCUT2D eigenvalue weighted by Gasteiger charge is 2.65. The second kappa shape index (κ2) is 7.08. The van der Waals surface area contributed by atoms with Gasteiger partial charge in [-0.05, 0) is 13.3 Å². The number of alkyl halides is 2. The van der Waals surface area contributed by atoms with Crippen molar-refractivity contribution in [3.8, 4) is 0 Å². The molecule has 0 aliphatic carbocycles. The van der Waals surface area contributed by atoms with Crippen molar-refractivity contribution in [3.63, 3.8) is 0 Å². The topological polar surface area (TPSA) is 120 Å². The van der Waals surface area contributed by atoms with Gasteiger partial charge in [-0.1, -0.05) is 0 Å². The second-order valence-corrected chi connectivity index (χ2v) is 6.01. The van der Waals surface area contributed by atoms with Crippen molar-refractivity contribution in [1.29, 1.82) is 0 Å². The molecule has 25 heavy (non-hydrogen) atoms. The first-order valence-corrected chi connectivity index (χ1v) is 7.74. The molecule has 2 aliphatic rings. The number of rotatable bonds is 4. The number of urea groups is 1. The third-order valence-electron chi connectivity index (χ3n) is 3.93. The monoisotopic (exact) mass is 365 g/mol. The van der Waals surface area contributed by atoms with E-state index in [1.807, 2.05) is 0 Å². The molecule has 9 nitrogen and oxygen atoms in total. The van der Waals surface area contributed by atoms with Gasteiger partial charge in [-0.15, -0.1) is 0 Å². The van der Waals surface area contributed by atoms with Gasteiger partial charge in [0.2, 0.25) is 6.23 Å². The van der Waals surface area contributed by atoms with Crippen LogP contribution in [-0.2, 0) is 23.8 Å². The smallest absolute Gasteiger partial charge is 0.330 e. The summed E-state index contributed by atoms with van der Waals surface area (Å²) in [7, 11) is 0. The Morgan fingerprint density at radius 2 is 2.04 bits per heavy atom. The molecule has 0 aromatic heterocycles. The summed E-state index contributed by atoms with van der Waals surface area (Å²) < 4.78 is 44.6. The van der Waals surface area contributed by atoms with Gasteiger partial charge in [0, 0.05) is 20.4 Å². The van der Waals surface area contributed by atoms with E-state index in [4.69, 9.17) is 19.9 Å². The van der Waals surface area contributed by atoms with E-state index < -0.39 is 54.6 Å². The van der Waals surface area contributed by atoms with E-state index in [1.165, 1.54) is 6.92 Å². The molecule has 5 atom stereocenters. The third kappa shape index (κ3) is 3.98. The number of carbonyl (C=O) groups is 3. The van der Waals surface area contributed by atoms with Crippen molar-refractivity contribution in [2.24, 2.45) is 5.73 Å². The molecule has 0 bridgehead atoms. The SMILES string of the molecule is CC(=O)OC(C)C1OC(N2CCC(N)NC2=O)C(F)(F)C1OC(C)=O. The third-order valence-corrected chi connectivity index (χ3v) is 3.93. The van der Waals surface area contributed by atoms with Crippen molar-refractivity contribution in [2.45, 2.75) is 63.8 Å². The van der Waals surface area contributed by atoms with Gasteiger partial charge in [0.15, 0.2) is 6.10 Å². The zero-order valence-corrected chi connectivity index (χ0v) is 14.0. The van der Waals surface area contributed by atoms with Gasteiger partial charge in [-0.3, -0.25) is 14.5 Å². The maximum atomic E-state index is 14.8. The lowest BCUT2D eigenvalue weighted by atomic mass is 10.0. The van der Waals surface area contributed by atoms with Crippen LogP contribution in [0.25, 0.3) is 0 Å². The fourth-order valence-electron chi connectivity index (χ4n) is 2.88. The molecule has 5 unspecified atom stereocenters. The molecule has 0 spiro atoms. The minimum Gasteiger partial charge on any atom is -0.460 e. The number of nitrogens with zero attached hydrogens (tertiary/aromatic N) is 1. The summed E-state index contributed by atoms with van der Waals surface area (Å²) in [4.78, 5) is 35.1. The van der Waals surface area contributed by atoms with E-state index in [2.05, 4.69) is 5.32 Å². The standard InChI is InChI=1S/C14H21F2N3O6/c1-6(23-7(2)20)10-11(24-8(3)21)14(15,16)12(25-10)19-5-4-9(17)18-13(19)22/h6,9-12H,4-5,17H2,1-3H3,(H,18,22). The first-order valence-electron chi connectivity index (χ1n) is 7.74. The van der Waals surface area contributed by atoms with Crippen LogP contribution in [0.1, 0.15) is 27.2 Å². The first kappa shape index (κ1) is 19.3. The van der Waals surface area contributed by atoms with Crippen LogP contribution in [0.2, 0.25) is 0 Å². The Morgan fingerprint density at radius 1 is 1.40 bits per heavy atom. The van der Waals surface area contributed by atoms with E-state index >= 15 is 0 Å². The number of ether oxygens (including phenoxy) is 3. The number of nitrogens with one attached hydrogen (secondary N) is 1. The van der Waals surface area contributed by atoms with E-state index in [9.17, 15) is 23.2 Å². The Labute approximate surface area is 142 Å². The Kier molecular flexibility index (Phi) is 5.47. The summed E-state index contributed by atoms with van der Waals surface area (Å²) in [5.74, 6) is -5.35. The van der Waals surface area contributed by atoms with Crippen LogP contribution in [0.15, 0.2) is 0 Å². The molecule has 2 fully saturated rings. The van der Waals surface area contributed by atoms with E-state index in [0.29, 0.717) is 0 Å². The van der Waals surface area contributed by atoms with Crippen LogP contribution in [0.4, 0.5) is 13.6 Å². The normalized spacial score (nSPS) is 32.7. The van der Waals surface area contributed by atoms with Crippen molar-refractivity contribution in [3.05, 3.63) is 0 Å². The predicted molar refractivity (Wildman–Crippen MR) is 78.2 cm³/mol. The average molecular weight is 365 g/mol. The molecule has 0 saturated carbocycles. The molecule has 3 N–H and O–H groups in total. The van der Waals surface area contributed by atoms with Crippen molar-refractivity contribution >= 4 is 18.0 Å². The van der Waals surface area contributed by atoms with E-state index in [0.717, 1.165) is 18.7 Å². The van der Waals surface area contributed by atoms with Gasteiger partial charge in [0.05, 0.1) is 6.17 Å². The molecular weight excluding hydrogens is 344 g/mol. The fourth-order valence-corrected chi connectivity index (χ4v) is 2.88. The molecule has 2 amide bonds. The maximum absolute atomic E-state index is 14.8. The largest absolute Gasteiger partial charge is 0.460 e. The summed E-state index contributed by atoms with van der Waals surface area (Å²) in [5, 5.41) is 2.33. The number of halogens is 2. The minimum atomic E-state index is -3.70. The zero-order valence-electron chi connectivity index (χ0n) is 14.0. The van der Waals surface area contributed by atoms with Crippen LogP contribution < -0.4 is 11.1 Å². The number of nitrogens with two attached hydrogens (primary N) is 1. The van der Waals surface area contributed by atoms with Crippen LogP contribution in [0.3, 0.4) is 0 Å². The van der Waals surface area contributed by atoms with Gasteiger partial charge >= 0.3 is 23.9 Å². The first-order chi connectivity index (χ1) is 11.5. The lowest BCUT2D eigenvalue weighted by Crippen LogP contribution is -2.61. The van der Waals surface area contributed by atoms with E-state index in [-0.39, 0.29) is 13.0 Å². The molecule has 2 rings (SSSR count). The van der Waals surface area contributed by atoms with E-state index in [1.54, 1.807) is 0 Å². The molecule has 2 aliphatic heterocycles. The number of carbonyl (C=O) groups excluding carboxylic acids is 3. The highest BCUT2D eigenvalue weighted by atomic mass is 19.3. The van der Waals surface area contributed by atoms with Crippen LogP contribution >= 0.6 is 0 Å². The lowest BCUT2D eigenvalue weighted by molar-refractivity contribution is -0.179. The number of hydrogen-bond donors (Lipinski definition) is 2. The quantitative estimate of drug-likeness (QED) is 0.669. The fraction of sp³-hybridized carbons (Fsp3) is 0.786. The highest BCUT2D eigenvalue weighted by molar-refractivity contribution is 5.75. The Bertz CT molecular complexity index is 561. The highest BCUT2D eigenvalue weighted by Crippen LogP contribution is 2.42. The van der Waals surface area contributed by atoms with Gasteiger partial charge in [0.1, 0.15) is 12.2 Å². The molecule has 2 heterocycles. The van der Waals surface area contributed by atoms with Crippen molar-refractivity contribution in [2.75, 3.05) is 6.54 Å². The molecule has 0 aromatic carbocycles. The number of hydrogen-bond acceptors (Lipinski definition) is 7. The van der Waals surface area contributed by atoms with Crippen molar-refractivity contribution in [1.82, 2.24) is 10.2 Å². The van der Waals surface area contributed by atoms with Crippen molar-refractivity contribution < 1.29 is 37.4 Å². The maximum Gasteiger partial charge on any atom is 0.330 e. The Balaban J connectivity index is 2.28. The predicted octanol–water partition coefficient (Wildman–Crippen LogP) is -0.0700. The zero-order chi connectivity index (χ0) is 18.9. The molecule has 2 saturated heterocycles. The summed E-state index contributed by atoms with van der Waals surface area (Å²) in [6.07, 6.45) is -6.94. The summed E-state index contributed by atoms with van der Waals surface area (Å²) in [6, 6.07) is -0.814. The number of esters is 2. The van der Waals surface area contributed by atoms with Gasteiger partial charge in [0.25, 0.3) is 0 Å². The van der Waals surface area contributed by atoms with Crippen LogP contribution in [0, 0.1) is 0 Å². The molecular formula is C14H21F2N3O6. The lowest BCUT2D eigenvalue weighted by Gasteiger charge is -2.36.